The number of rotatable bonds is 5. The van der Waals surface area contributed by atoms with E-state index in [9.17, 15) is 13.2 Å². The molecule has 0 spiro atoms. The first-order chi connectivity index (χ1) is 13.3. The highest BCUT2D eigenvalue weighted by Crippen LogP contribution is 2.38. The summed E-state index contributed by atoms with van der Waals surface area (Å²) in [5.74, 6) is 0. The second kappa shape index (κ2) is 8.10. The van der Waals surface area contributed by atoms with Crippen LogP contribution in [0.5, 0.6) is 0 Å². The first kappa shape index (κ1) is 20.6. The minimum atomic E-state index is -3.85. The van der Waals surface area contributed by atoms with Crippen LogP contribution in [0.25, 0.3) is 0 Å². The molecular weight excluding hydrogens is 404 g/mol. The fourth-order valence-electron chi connectivity index (χ4n) is 3.41. The van der Waals surface area contributed by atoms with E-state index in [0.717, 1.165) is 11.3 Å². The second-order valence-electron chi connectivity index (χ2n) is 6.85. The molecule has 152 valence electrons. The molecule has 0 bridgehead atoms. The Balaban J connectivity index is 2.01. The summed E-state index contributed by atoms with van der Waals surface area (Å²) >= 11 is 5.92. The fraction of sp³-hybridized carbons (Fsp3) is 0.444. The van der Waals surface area contributed by atoms with Crippen molar-refractivity contribution in [2.45, 2.75) is 36.7 Å². The quantitative estimate of drug-likeness (QED) is 0.793. The van der Waals surface area contributed by atoms with Crippen molar-refractivity contribution < 1.29 is 17.9 Å². The number of halogens is 1. The van der Waals surface area contributed by atoms with Gasteiger partial charge in [0.2, 0.25) is 10.0 Å². The van der Waals surface area contributed by atoms with Crippen molar-refractivity contribution in [3.63, 3.8) is 0 Å². The van der Waals surface area contributed by atoms with E-state index in [2.05, 4.69) is 10.2 Å². The van der Waals surface area contributed by atoms with Gasteiger partial charge >= 0.3 is 6.09 Å². The minimum absolute atomic E-state index is 0.0568. The SMILES string of the molecule is CC[C@@H]1c2cn[nH]c2C[C@@H](COC(=O)N(C)C)N1S(=O)(=O)c1ccc(Cl)cc1. The summed E-state index contributed by atoms with van der Waals surface area (Å²) in [7, 11) is -0.697. The number of hydrogen-bond donors (Lipinski definition) is 1. The third kappa shape index (κ3) is 3.87. The van der Waals surface area contributed by atoms with Crippen molar-refractivity contribution in [3.8, 4) is 0 Å². The molecule has 3 rings (SSSR count). The molecule has 1 aliphatic rings. The molecule has 0 fully saturated rings. The van der Waals surface area contributed by atoms with Crippen LogP contribution in [0.1, 0.15) is 30.6 Å². The molecule has 1 N–H and O–H groups in total. The highest BCUT2D eigenvalue weighted by Gasteiger charge is 2.43. The molecule has 1 aromatic heterocycles. The Labute approximate surface area is 169 Å². The number of amides is 1. The molecule has 0 aliphatic carbocycles. The maximum atomic E-state index is 13.5. The van der Waals surface area contributed by atoms with Gasteiger partial charge in [-0.05, 0) is 30.7 Å². The Kier molecular flexibility index (Phi) is 5.97. The number of aromatic amines is 1. The lowest BCUT2D eigenvalue weighted by Crippen LogP contribution is -2.49. The van der Waals surface area contributed by atoms with Crippen molar-refractivity contribution in [3.05, 3.63) is 46.7 Å². The van der Waals surface area contributed by atoms with E-state index in [0.29, 0.717) is 17.9 Å². The maximum Gasteiger partial charge on any atom is 0.409 e. The van der Waals surface area contributed by atoms with Crippen LogP contribution in [0.2, 0.25) is 5.02 Å². The lowest BCUT2D eigenvalue weighted by atomic mass is 9.95. The Morgan fingerprint density at radius 3 is 2.64 bits per heavy atom. The van der Waals surface area contributed by atoms with Gasteiger partial charge in [-0.2, -0.15) is 9.40 Å². The smallest absolute Gasteiger partial charge is 0.409 e. The first-order valence-electron chi connectivity index (χ1n) is 8.91. The van der Waals surface area contributed by atoms with Crippen LogP contribution in [0, 0.1) is 0 Å². The minimum Gasteiger partial charge on any atom is -0.448 e. The van der Waals surface area contributed by atoms with Crippen LogP contribution < -0.4 is 0 Å². The maximum absolute atomic E-state index is 13.5. The number of aromatic nitrogens is 2. The summed E-state index contributed by atoms with van der Waals surface area (Å²) in [5, 5.41) is 7.48. The zero-order valence-electron chi connectivity index (χ0n) is 15.9. The van der Waals surface area contributed by atoms with Gasteiger partial charge in [0.15, 0.2) is 0 Å². The van der Waals surface area contributed by atoms with E-state index in [4.69, 9.17) is 16.3 Å². The molecule has 8 nitrogen and oxygen atoms in total. The van der Waals surface area contributed by atoms with Gasteiger partial charge in [0, 0.05) is 36.8 Å². The summed E-state index contributed by atoms with van der Waals surface area (Å²) in [6.07, 6.45) is 2.07. The third-order valence-electron chi connectivity index (χ3n) is 4.76. The predicted molar refractivity (Wildman–Crippen MR) is 105 cm³/mol. The van der Waals surface area contributed by atoms with Crippen LogP contribution in [0.15, 0.2) is 35.4 Å². The van der Waals surface area contributed by atoms with Crippen LogP contribution in [-0.2, 0) is 21.2 Å². The van der Waals surface area contributed by atoms with E-state index in [1.807, 2.05) is 6.92 Å². The number of hydrogen-bond acceptors (Lipinski definition) is 5. The third-order valence-corrected chi connectivity index (χ3v) is 6.99. The van der Waals surface area contributed by atoms with Crippen LogP contribution in [0.3, 0.4) is 0 Å². The molecule has 0 radical (unpaired) electrons. The molecular formula is C18H23ClN4O4S. The Bertz CT molecular complexity index is 943. The van der Waals surface area contributed by atoms with E-state index in [1.165, 1.54) is 21.3 Å². The summed E-state index contributed by atoms with van der Waals surface area (Å²) in [4.78, 5) is 13.3. The van der Waals surface area contributed by atoms with E-state index >= 15 is 0 Å². The van der Waals surface area contributed by atoms with E-state index < -0.39 is 28.2 Å². The average molecular weight is 427 g/mol. The van der Waals surface area contributed by atoms with Gasteiger partial charge in [0.1, 0.15) is 6.61 Å². The number of nitrogens with one attached hydrogen (secondary N) is 1. The number of fused-ring (bicyclic) bond motifs is 1. The van der Waals surface area contributed by atoms with Crippen molar-refractivity contribution in [1.82, 2.24) is 19.4 Å². The molecule has 28 heavy (non-hydrogen) atoms. The summed E-state index contributed by atoms with van der Waals surface area (Å²) in [6, 6.07) is 5.10. The molecule has 1 aromatic carbocycles. The second-order valence-corrected chi connectivity index (χ2v) is 9.13. The monoisotopic (exact) mass is 426 g/mol. The Morgan fingerprint density at radius 2 is 2.04 bits per heavy atom. The topological polar surface area (TPSA) is 95.6 Å². The Hall–Kier alpha value is -2.10. The van der Waals surface area contributed by atoms with Gasteiger partial charge in [-0.3, -0.25) is 5.10 Å². The van der Waals surface area contributed by atoms with Crippen molar-refractivity contribution in [2.24, 2.45) is 0 Å². The number of carbonyl (C=O) groups excluding carboxylic acids is 1. The zero-order chi connectivity index (χ0) is 20.5. The zero-order valence-corrected chi connectivity index (χ0v) is 17.5. The number of ether oxygens (including phenoxy) is 1. The summed E-state index contributed by atoms with van der Waals surface area (Å²) < 4.78 is 33.8. The number of benzene rings is 1. The largest absolute Gasteiger partial charge is 0.448 e. The highest BCUT2D eigenvalue weighted by molar-refractivity contribution is 7.89. The number of carbonyl (C=O) groups is 1. The molecule has 0 unspecified atom stereocenters. The molecule has 2 heterocycles. The highest BCUT2D eigenvalue weighted by atomic mass is 35.5. The lowest BCUT2D eigenvalue weighted by molar-refractivity contribution is 0.0817. The van der Waals surface area contributed by atoms with Crippen LogP contribution in [-0.4, -0.2) is 60.7 Å². The molecule has 2 aromatic rings. The fourth-order valence-corrected chi connectivity index (χ4v) is 5.39. The first-order valence-corrected chi connectivity index (χ1v) is 10.7. The van der Waals surface area contributed by atoms with E-state index in [-0.39, 0.29) is 11.5 Å². The van der Waals surface area contributed by atoms with Gasteiger partial charge in [-0.1, -0.05) is 18.5 Å². The van der Waals surface area contributed by atoms with Crippen molar-refractivity contribution >= 4 is 27.7 Å². The molecule has 1 aliphatic heterocycles. The summed E-state index contributed by atoms with van der Waals surface area (Å²) in [6.45, 7) is 1.86. The van der Waals surface area contributed by atoms with Gasteiger partial charge in [-0.25, -0.2) is 13.2 Å². The standard InChI is InChI=1S/C18H23ClN4O4S/c1-4-17-15-10-20-21-16(15)9-13(11-27-18(24)22(2)3)23(17)28(25,26)14-7-5-12(19)6-8-14/h5-8,10,13,17H,4,9,11H2,1-3H3,(H,20,21)/t13-,17+/m0/s1. The molecule has 0 saturated heterocycles. The number of sulfonamides is 1. The van der Waals surface area contributed by atoms with Crippen molar-refractivity contribution in [2.75, 3.05) is 20.7 Å². The Morgan fingerprint density at radius 1 is 1.36 bits per heavy atom. The van der Waals surface area contributed by atoms with E-state index in [1.54, 1.807) is 32.4 Å². The van der Waals surface area contributed by atoms with Gasteiger partial charge in [0.05, 0.1) is 23.2 Å². The average Bonchev–Trinajstić information content (AvgIpc) is 3.13. The molecule has 2 atom stereocenters. The molecule has 1 amide bonds. The number of nitrogens with zero attached hydrogens (tertiary/aromatic N) is 3. The van der Waals surface area contributed by atoms with Crippen LogP contribution in [0.4, 0.5) is 4.79 Å². The number of H-pyrrole nitrogens is 1. The van der Waals surface area contributed by atoms with Gasteiger partial charge in [-0.15, -0.1) is 0 Å². The van der Waals surface area contributed by atoms with Crippen molar-refractivity contribution in [1.29, 1.82) is 0 Å². The predicted octanol–water partition coefficient (Wildman–Crippen LogP) is 2.83. The lowest BCUT2D eigenvalue weighted by Gasteiger charge is -2.40. The normalized spacial score (nSPS) is 19.9. The summed E-state index contributed by atoms with van der Waals surface area (Å²) in [5.41, 5.74) is 1.70. The van der Waals surface area contributed by atoms with Gasteiger partial charge in [0.25, 0.3) is 0 Å². The molecule has 10 heteroatoms. The van der Waals surface area contributed by atoms with Crippen LogP contribution >= 0.6 is 11.6 Å². The molecule has 0 saturated carbocycles. The van der Waals surface area contributed by atoms with Gasteiger partial charge < -0.3 is 9.64 Å².